The number of hydrogen-bond donors (Lipinski definition) is 1. The van der Waals surface area contributed by atoms with Gasteiger partial charge in [-0.1, -0.05) is 11.6 Å². The van der Waals surface area contributed by atoms with Crippen LogP contribution in [0.1, 0.15) is 99.1 Å². The first-order valence-corrected chi connectivity index (χ1v) is 19.0. The van der Waals surface area contributed by atoms with Crippen LogP contribution in [0.5, 0.6) is 0 Å². The maximum Gasteiger partial charge on any atom is 0.425 e. The molecule has 1 saturated heterocycles. The number of ether oxygens (including phenoxy) is 3. The van der Waals surface area contributed by atoms with E-state index in [1.54, 1.807) is 73.2 Å². The molecule has 0 unspecified atom stereocenters. The highest BCUT2D eigenvalue weighted by Gasteiger charge is 2.48. The predicted octanol–water partition coefficient (Wildman–Crippen LogP) is 7.11. The topological polar surface area (TPSA) is 161 Å². The molecule has 0 spiro atoms. The number of nitrogens with one attached hydrogen (secondary N) is 1. The molecule has 1 aromatic carbocycles. The lowest BCUT2D eigenvalue weighted by molar-refractivity contribution is -0.125. The summed E-state index contributed by atoms with van der Waals surface area (Å²) in [4.78, 5) is 72.5. The van der Waals surface area contributed by atoms with E-state index in [9.17, 15) is 19.2 Å². The van der Waals surface area contributed by atoms with Crippen LogP contribution >= 0.6 is 11.6 Å². The van der Waals surface area contributed by atoms with E-state index in [2.05, 4.69) is 25.2 Å². The highest BCUT2D eigenvalue weighted by Crippen LogP contribution is 2.39. The van der Waals surface area contributed by atoms with E-state index in [4.69, 9.17) is 25.8 Å². The number of carbonyl (C=O) groups is 4. The Bertz CT molecular complexity index is 1910. The Morgan fingerprint density at radius 2 is 1.53 bits per heavy atom. The molecule has 5 rings (SSSR count). The standard InChI is InChI=1S/C39H55ClN8O7/c1-36(2,3)53-33(50)44-39(29(49)16-24-12-13-24)14-15-46(21-39)28-18-26(40)17-25(19-45(10)11)27(28)20-47-23-43-30-31(47)41-22-42-32(30)48(34(51)54-37(4,5)6)35(52)55-38(7,8)9/h17-18,22-24H,12-16,19-21H2,1-11H3,(H,44,50)/t39-/m1/s1. The van der Waals surface area contributed by atoms with Crippen LogP contribution in [0.25, 0.3) is 11.2 Å². The number of amides is 3. The largest absolute Gasteiger partial charge is 0.444 e. The summed E-state index contributed by atoms with van der Waals surface area (Å²) in [6.45, 7) is 17.0. The number of carbonyl (C=O) groups excluding carboxylic acids is 4. The van der Waals surface area contributed by atoms with Crippen molar-refractivity contribution in [2.75, 3.05) is 37.0 Å². The second-order valence-electron chi connectivity index (χ2n) is 17.8. The van der Waals surface area contributed by atoms with Crippen molar-refractivity contribution in [2.24, 2.45) is 5.92 Å². The number of aromatic nitrogens is 4. The second kappa shape index (κ2) is 15.6. The lowest BCUT2D eigenvalue weighted by atomic mass is 9.89. The Labute approximate surface area is 328 Å². The Kier molecular flexibility index (Phi) is 11.8. The quantitative estimate of drug-likeness (QED) is 0.208. The molecule has 15 nitrogen and oxygen atoms in total. The molecule has 1 aliphatic carbocycles. The number of rotatable bonds is 10. The summed E-state index contributed by atoms with van der Waals surface area (Å²) in [6, 6.07) is 3.78. The molecule has 0 bridgehead atoms. The molecule has 55 heavy (non-hydrogen) atoms. The van der Waals surface area contributed by atoms with E-state index in [-0.39, 0.29) is 30.2 Å². The van der Waals surface area contributed by atoms with Crippen LogP contribution in [0.3, 0.4) is 0 Å². The van der Waals surface area contributed by atoms with Crippen LogP contribution in [-0.4, -0.2) is 98.0 Å². The molecule has 1 aliphatic heterocycles. The number of halogens is 1. The van der Waals surface area contributed by atoms with Gasteiger partial charge >= 0.3 is 18.3 Å². The van der Waals surface area contributed by atoms with Crippen LogP contribution in [0.2, 0.25) is 5.02 Å². The maximum atomic E-state index is 14.0. The summed E-state index contributed by atoms with van der Waals surface area (Å²) in [6.07, 6.45) is 3.03. The first-order chi connectivity index (χ1) is 25.4. The van der Waals surface area contributed by atoms with Gasteiger partial charge in [0.2, 0.25) is 0 Å². The molecule has 1 N–H and O–H groups in total. The molecule has 2 aromatic heterocycles. The van der Waals surface area contributed by atoms with E-state index in [0.29, 0.717) is 42.5 Å². The summed E-state index contributed by atoms with van der Waals surface area (Å²) in [5.74, 6) is 0.226. The highest BCUT2D eigenvalue weighted by atomic mass is 35.5. The molecule has 3 heterocycles. The van der Waals surface area contributed by atoms with Gasteiger partial charge in [-0.05, 0) is 125 Å². The number of alkyl carbamates (subject to hydrolysis) is 1. The number of ketones is 1. The zero-order chi connectivity index (χ0) is 40.7. The van der Waals surface area contributed by atoms with Gasteiger partial charge in [0, 0.05) is 36.8 Å². The number of nitrogens with zero attached hydrogens (tertiary/aromatic N) is 7. The van der Waals surface area contributed by atoms with Crippen molar-refractivity contribution in [3.05, 3.63) is 40.9 Å². The van der Waals surface area contributed by atoms with Gasteiger partial charge in [-0.3, -0.25) is 4.79 Å². The molecule has 300 valence electrons. The van der Waals surface area contributed by atoms with Gasteiger partial charge in [0.25, 0.3) is 0 Å². The first-order valence-electron chi connectivity index (χ1n) is 18.6. The molecule has 3 aromatic rings. The molecular formula is C39H55ClN8O7. The maximum absolute atomic E-state index is 14.0. The number of Topliss-reactive ketones (excluding diaryl/α,β-unsaturated/α-hetero) is 1. The molecule has 0 radical (unpaired) electrons. The van der Waals surface area contributed by atoms with Crippen molar-refractivity contribution >= 4 is 58.3 Å². The molecule has 16 heteroatoms. The summed E-state index contributed by atoms with van der Waals surface area (Å²) in [5, 5.41) is 3.51. The third-order valence-corrected chi connectivity index (χ3v) is 9.12. The predicted molar refractivity (Wildman–Crippen MR) is 209 cm³/mol. The highest BCUT2D eigenvalue weighted by molar-refractivity contribution is 6.31. The van der Waals surface area contributed by atoms with Gasteiger partial charge in [0.1, 0.15) is 28.7 Å². The van der Waals surface area contributed by atoms with Gasteiger partial charge in [-0.25, -0.2) is 29.3 Å². The minimum Gasteiger partial charge on any atom is -0.444 e. The number of fused-ring (bicyclic) bond motifs is 1. The second-order valence-corrected chi connectivity index (χ2v) is 18.2. The summed E-state index contributed by atoms with van der Waals surface area (Å²) >= 11 is 6.80. The Hall–Kier alpha value is -4.50. The van der Waals surface area contributed by atoms with Crippen molar-refractivity contribution in [2.45, 2.75) is 123 Å². The van der Waals surface area contributed by atoms with Crippen molar-refractivity contribution in [3.8, 4) is 0 Å². The minimum atomic E-state index is -1.15. The van der Waals surface area contributed by atoms with Gasteiger partial charge in [-0.2, -0.15) is 4.90 Å². The molecular weight excluding hydrogens is 728 g/mol. The number of benzene rings is 1. The van der Waals surface area contributed by atoms with Gasteiger partial charge < -0.3 is 33.9 Å². The molecule has 3 amide bonds. The number of imide groups is 1. The normalized spacial score (nSPS) is 17.7. The summed E-state index contributed by atoms with van der Waals surface area (Å²) in [5.41, 5.74) is -0.607. The van der Waals surface area contributed by atoms with Gasteiger partial charge in [0.05, 0.1) is 12.9 Å². The fourth-order valence-corrected chi connectivity index (χ4v) is 6.73. The molecule has 1 saturated carbocycles. The number of anilines is 2. The third-order valence-electron chi connectivity index (χ3n) is 8.90. The number of hydrogen-bond acceptors (Lipinski definition) is 12. The van der Waals surface area contributed by atoms with Gasteiger partial charge in [-0.15, -0.1) is 0 Å². The lowest BCUT2D eigenvalue weighted by Gasteiger charge is -2.32. The Morgan fingerprint density at radius 3 is 2.09 bits per heavy atom. The minimum absolute atomic E-state index is 0.00943. The number of imidazole rings is 1. The van der Waals surface area contributed by atoms with Crippen LogP contribution in [0.15, 0.2) is 24.8 Å². The van der Waals surface area contributed by atoms with E-state index in [0.717, 1.165) is 34.6 Å². The zero-order valence-corrected chi connectivity index (χ0v) is 34.7. The first kappa shape index (κ1) is 41.7. The summed E-state index contributed by atoms with van der Waals surface area (Å²) < 4.78 is 18.6. The fourth-order valence-electron chi connectivity index (χ4n) is 6.50. The van der Waals surface area contributed by atoms with Gasteiger partial charge in [0.15, 0.2) is 22.8 Å². The van der Waals surface area contributed by atoms with E-state index in [1.807, 2.05) is 31.1 Å². The average Bonchev–Trinajstić information content (AvgIpc) is 3.57. The van der Waals surface area contributed by atoms with Crippen molar-refractivity contribution in [1.82, 2.24) is 29.7 Å². The van der Waals surface area contributed by atoms with Crippen LogP contribution in [0, 0.1) is 5.92 Å². The fraction of sp³-hybridized carbons (Fsp3) is 0.615. The smallest absolute Gasteiger partial charge is 0.425 e. The van der Waals surface area contributed by atoms with Crippen molar-refractivity contribution in [3.63, 3.8) is 0 Å². The van der Waals surface area contributed by atoms with Crippen LogP contribution in [-0.2, 0) is 32.1 Å². The van der Waals surface area contributed by atoms with E-state index in [1.165, 1.54) is 6.33 Å². The molecule has 1 atom stereocenters. The van der Waals surface area contributed by atoms with Crippen molar-refractivity contribution in [1.29, 1.82) is 0 Å². The Morgan fingerprint density at radius 1 is 0.909 bits per heavy atom. The lowest BCUT2D eigenvalue weighted by Crippen LogP contribution is -2.57. The average molecular weight is 783 g/mol. The molecule has 2 aliphatic rings. The SMILES string of the molecule is CN(C)Cc1cc(Cl)cc(N2CC[C@](NC(=O)OC(C)(C)C)(C(=O)CC3CC3)C2)c1Cn1cnc2c(N(C(=O)OC(C)(C)C)C(=O)OC(C)(C)C)ncnc21. The van der Waals surface area contributed by atoms with Crippen LogP contribution in [0.4, 0.5) is 25.9 Å². The Balaban J connectivity index is 1.56. The van der Waals surface area contributed by atoms with Crippen molar-refractivity contribution < 1.29 is 33.4 Å². The third kappa shape index (κ3) is 10.6. The monoisotopic (exact) mass is 782 g/mol. The zero-order valence-electron chi connectivity index (χ0n) is 33.9. The van der Waals surface area contributed by atoms with Crippen LogP contribution < -0.4 is 15.1 Å². The summed E-state index contributed by atoms with van der Waals surface area (Å²) in [7, 11) is 3.92. The van der Waals surface area contributed by atoms with E-state index >= 15 is 0 Å². The molecule has 2 fully saturated rings. The van der Waals surface area contributed by atoms with E-state index < -0.39 is 40.6 Å².